The summed E-state index contributed by atoms with van der Waals surface area (Å²) in [5.41, 5.74) is 1.72. The van der Waals surface area contributed by atoms with Crippen LogP contribution in [-0.2, 0) is 16.0 Å². The lowest BCUT2D eigenvalue weighted by Gasteiger charge is -2.11. The largest absolute Gasteiger partial charge is 0.467 e. The first-order valence-corrected chi connectivity index (χ1v) is 4.94. The van der Waals surface area contributed by atoms with Crippen LogP contribution in [0.4, 0.5) is 0 Å². The Morgan fingerprint density at radius 2 is 2.27 bits per heavy atom. The Morgan fingerprint density at radius 1 is 1.60 bits per heavy atom. The smallest absolute Gasteiger partial charge is 0.335 e. The highest BCUT2D eigenvalue weighted by Gasteiger charge is 2.18. The molecule has 1 rings (SSSR count). The minimum absolute atomic E-state index is 0.179. The minimum atomic E-state index is -1.16. The van der Waals surface area contributed by atoms with E-state index in [9.17, 15) is 9.90 Å². The minimum Gasteiger partial charge on any atom is -0.467 e. The molecule has 0 fully saturated rings. The first-order chi connectivity index (χ1) is 7.06. The number of aliphatic hydroxyl groups is 1. The SMILES string of the molecule is COC(=O)C(O)Cc1c(C)cccc1Cl. The molecule has 0 aliphatic carbocycles. The van der Waals surface area contributed by atoms with Gasteiger partial charge in [0.2, 0.25) is 0 Å². The van der Waals surface area contributed by atoms with Crippen LogP contribution in [0, 0.1) is 6.92 Å². The van der Waals surface area contributed by atoms with E-state index >= 15 is 0 Å². The van der Waals surface area contributed by atoms with Crippen molar-refractivity contribution in [2.45, 2.75) is 19.4 Å². The first kappa shape index (κ1) is 12.0. The number of methoxy groups -OCH3 is 1. The summed E-state index contributed by atoms with van der Waals surface area (Å²) in [4.78, 5) is 11.0. The Labute approximate surface area is 93.6 Å². The summed E-state index contributed by atoms with van der Waals surface area (Å²) in [6.07, 6.45) is -0.980. The molecule has 0 spiro atoms. The molecule has 0 bridgehead atoms. The number of aryl methyl sites for hydroxylation is 1. The van der Waals surface area contributed by atoms with Crippen LogP contribution >= 0.6 is 11.6 Å². The molecule has 1 unspecified atom stereocenters. The molecule has 0 aliphatic rings. The second kappa shape index (κ2) is 5.14. The van der Waals surface area contributed by atoms with Crippen LogP contribution in [0.15, 0.2) is 18.2 Å². The highest BCUT2D eigenvalue weighted by molar-refractivity contribution is 6.31. The van der Waals surface area contributed by atoms with Crippen molar-refractivity contribution in [1.29, 1.82) is 0 Å². The maximum Gasteiger partial charge on any atom is 0.335 e. The Morgan fingerprint density at radius 3 is 2.80 bits per heavy atom. The van der Waals surface area contributed by atoms with E-state index in [1.54, 1.807) is 6.07 Å². The molecule has 1 N–H and O–H groups in total. The fraction of sp³-hybridized carbons (Fsp3) is 0.364. The zero-order valence-corrected chi connectivity index (χ0v) is 9.41. The molecule has 0 radical (unpaired) electrons. The molecular weight excluding hydrogens is 216 g/mol. The molecule has 82 valence electrons. The van der Waals surface area contributed by atoms with Crippen LogP contribution in [0.5, 0.6) is 0 Å². The Hall–Kier alpha value is -1.06. The summed E-state index contributed by atoms with van der Waals surface area (Å²) in [5, 5.41) is 10.0. The summed E-state index contributed by atoms with van der Waals surface area (Å²) in [7, 11) is 1.24. The van der Waals surface area contributed by atoms with Crippen molar-refractivity contribution in [2.24, 2.45) is 0 Å². The van der Waals surface area contributed by atoms with E-state index in [4.69, 9.17) is 11.6 Å². The number of carbonyl (C=O) groups is 1. The van der Waals surface area contributed by atoms with Gasteiger partial charge < -0.3 is 9.84 Å². The predicted molar refractivity (Wildman–Crippen MR) is 57.9 cm³/mol. The number of aliphatic hydroxyl groups excluding tert-OH is 1. The molecule has 0 saturated carbocycles. The first-order valence-electron chi connectivity index (χ1n) is 4.56. The monoisotopic (exact) mass is 228 g/mol. The van der Waals surface area contributed by atoms with Crippen molar-refractivity contribution < 1.29 is 14.6 Å². The van der Waals surface area contributed by atoms with Gasteiger partial charge in [0.15, 0.2) is 6.10 Å². The fourth-order valence-corrected chi connectivity index (χ4v) is 1.64. The Bertz CT molecular complexity index is 343. The Kier molecular flexibility index (Phi) is 4.12. The molecule has 4 heteroatoms. The van der Waals surface area contributed by atoms with Gasteiger partial charge >= 0.3 is 5.97 Å². The highest BCUT2D eigenvalue weighted by atomic mass is 35.5. The maximum absolute atomic E-state index is 11.0. The van der Waals surface area contributed by atoms with Gasteiger partial charge in [-0.25, -0.2) is 4.79 Å². The summed E-state index contributed by atoms with van der Waals surface area (Å²) in [6.45, 7) is 1.88. The molecule has 0 aromatic heterocycles. The average molecular weight is 229 g/mol. The molecule has 0 aliphatic heterocycles. The van der Waals surface area contributed by atoms with Gasteiger partial charge in [0.25, 0.3) is 0 Å². The van der Waals surface area contributed by atoms with Crippen LogP contribution in [0.3, 0.4) is 0 Å². The number of esters is 1. The number of carbonyl (C=O) groups excluding carboxylic acids is 1. The zero-order chi connectivity index (χ0) is 11.4. The third-order valence-electron chi connectivity index (χ3n) is 2.22. The van der Waals surface area contributed by atoms with Crippen molar-refractivity contribution >= 4 is 17.6 Å². The van der Waals surface area contributed by atoms with Crippen molar-refractivity contribution in [3.63, 3.8) is 0 Å². The van der Waals surface area contributed by atoms with Crippen LogP contribution in [0.25, 0.3) is 0 Å². The number of halogens is 1. The number of rotatable bonds is 3. The maximum atomic E-state index is 11.0. The van der Waals surface area contributed by atoms with E-state index in [0.29, 0.717) is 5.02 Å². The lowest BCUT2D eigenvalue weighted by Crippen LogP contribution is -2.24. The molecule has 0 saturated heterocycles. The van der Waals surface area contributed by atoms with E-state index in [1.807, 2.05) is 19.1 Å². The van der Waals surface area contributed by atoms with Gasteiger partial charge in [-0.1, -0.05) is 23.7 Å². The van der Waals surface area contributed by atoms with Crippen LogP contribution in [-0.4, -0.2) is 24.3 Å². The lowest BCUT2D eigenvalue weighted by atomic mass is 10.0. The number of hydrogen-bond acceptors (Lipinski definition) is 3. The molecule has 15 heavy (non-hydrogen) atoms. The van der Waals surface area contributed by atoms with Crippen molar-refractivity contribution in [3.8, 4) is 0 Å². The van der Waals surface area contributed by atoms with Crippen molar-refractivity contribution in [1.82, 2.24) is 0 Å². The van der Waals surface area contributed by atoms with Crippen molar-refractivity contribution in [3.05, 3.63) is 34.3 Å². The van der Waals surface area contributed by atoms with E-state index in [-0.39, 0.29) is 6.42 Å². The average Bonchev–Trinajstić information content (AvgIpc) is 2.22. The van der Waals surface area contributed by atoms with Crippen LogP contribution in [0.2, 0.25) is 5.02 Å². The molecule has 1 atom stereocenters. The predicted octanol–water partition coefficient (Wildman–Crippen LogP) is 1.72. The lowest BCUT2D eigenvalue weighted by molar-refractivity contribution is -0.150. The number of hydrogen-bond donors (Lipinski definition) is 1. The highest BCUT2D eigenvalue weighted by Crippen LogP contribution is 2.21. The van der Waals surface area contributed by atoms with E-state index in [0.717, 1.165) is 11.1 Å². The van der Waals surface area contributed by atoms with Gasteiger partial charge in [-0.05, 0) is 24.1 Å². The van der Waals surface area contributed by atoms with Gasteiger partial charge in [-0.15, -0.1) is 0 Å². The van der Waals surface area contributed by atoms with E-state index in [1.165, 1.54) is 7.11 Å². The quantitative estimate of drug-likeness (QED) is 0.802. The molecule has 1 aromatic rings. The summed E-state index contributed by atoms with van der Waals surface area (Å²) in [6, 6.07) is 5.44. The standard InChI is InChI=1S/C11H13ClO3/c1-7-4-3-5-9(12)8(7)6-10(13)11(14)15-2/h3-5,10,13H,6H2,1-2H3. The summed E-state index contributed by atoms with van der Waals surface area (Å²) < 4.78 is 4.43. The zero-order valence-electron chi connectivity index (χ0n) is 8.66. The van der Waals surface area contributed by atoms with Gasteiger partial charge in [0, 0.05) is 11.4 Å². The number of ether oxygens (including phenoxy) is 1. The van der Waals surface area contributed by atoms with Gasteiger partial charge in [-0.2, -0.15) is 0 Å². The second-order valence-electron chi connectivity index (χ2n) is 3.28. The Balaban J connectivity index is 2.85. The normalized spacial score (nSPS) is 12.3. The second-order valence-corrected chi connectivity index (χ2v) is 3.69. The third kappa shape index (κ3) is 2.94. The molecule has 3 nitrogen and oxygen atoms in total. The third-order valence-corrected chi connectivity index (χ3v) is 2.58. The summed E-state index contributed by atoms with van der Waals surface area (Å²) >= 11 is 5.96. The molecular formula is C11H13ClO3. The molecule has 1 aromatic carbocycles. The van der Waals surface area contributed by atoms with Crippen molar-refractivity contribution in [2.75, 3.05) is 7.11 Å². The van der Waals surface area contributed by atoms with E-state index < -0.39 is 12.1 Å². The molecule has 0 amide bonds. The number of benzene rings is 1. The topological polar surface area (TPSA) is 46.5 Å². The van der Waals surface area contributed by atoms with E-state index in [2.05, 4.69) is 4.74 Å². The van der Waals surface area contributed by atoms with Gasteiger partial charge in [0.05, 0.1) is 7.11 Å². The van der Waals surface area contributed by atoms with Crippen LogP contribution < -0.4 is 0 Å². The fourth-order valence-electron chi connectivity index (χ4n) is 1.34. The van der Waals surface area contributed by atoms with Gasteiger partial charge in [-0.3, -0.25) is 0 Å². The summed E-state index contributed by atoms with van der Waals surface area (Å²) in [5.74, 6) is -0.644. The molecule has 0 heterocycles. The van der Waals surface area contributed by atoms with Gasteiger partial charge in [0.1, 0.15) is 0 Å². The van der Waals surface area contributed by atoms with Crippen LogP contribution in [0.1, 0.15) is 11.1 Å².